The summed E-state index contributed by atoms with van der Waals surface area (Å²) in [6.45, 7) is 3.22. The molecule has 2 aliphatic rings. The van der Waals surface area contributed by atoms with Crippen molar-refractivity contribution in [3.05, 3.63) is 145 Å². The highest BCUT2D eigenvalue weighted by Crippen LogP contribution is 2.24. The third-order valence-electron chi connectivity index (χ3n) is 9.16. The fourth-order valence-electron chi connectivity index (χ4n) is 5.61. The van der Waals surface area contributed by atoms with Crippen LogP contribution in [0.25, 0.3) is 0 Å². The monoisotopic (exact) mass is 844 g/mol. The van der Waals surface area contributed by atoms with Crippen molar-refractivity contribution < 1.29 is 66.5 Å². The van der Waals surface area contributed by atoms with Crippen LogP contribution >= 0.6 is 0 Å². The van der Waals surface area contributed by atoms with Crippen LogP contribution in [0, 0.1) is 0 Å². The first-order valence-electron chi connectivity index (χ1n) is 19.7. The number of esters is 2. The lowest BCUT2D eigenvalue weighted by Gasteiger charge is -2.09. The van der Waals surface area contributed by atoms with E-state index < -0.39 is 24.1 Å². The van der Waals surface area contributed by atoms with E-state index in [1.807, 2.05) is 0 Å². The molecule has 8 rings (SSSR count). The van der Waals surface area contributed by atoms with Crippen molar-refractivity contribution in [1.82, 2.24) is 9.13 Å². The molecule has 16 heteroatoms. The van der Waals surface area contributed by atoms with Gasteiger partial charge in [-0.2, -0.15) is 0 Å². The van der Waals surface area contributed by atoms with Crippen molar-refractivity contribution in [2.24, 2.45) is 0 Å². The maximum Gasteiger partial charge on any atom is 0.423 e. The maximum atomic E-state index is 12.7. The molecule has 2 atom stereocenters. The number of epoxide rings is 2. The quantitative estimate of drug-likeness (QED) is 0.0337. The van der Waals surface area contributed by atoms with E-state index in [1.54, 1.807) is 97.1 Å². The molecule has 318 valence electrons. The molecule has 2 aromatic heterocycles. The number of unbranched alkanes of at least 4 members (excludes halogenated alkanes) is 1. The van der Waals surface area contributed by atoms with Gasteiger partial charge < -0.3 is 47.4 Å². The first-order valence-corrected chi connectivity index (χ1v) is 19.7. The van der Waals surface area contributed by atoms with Crippen LogP contribution in [0.5, 0.6) is 46.0 Å². The fraction of sp³-hybridized carbons (Fsp3) is 0.217. The van der Waals surface area contributed by atoms with Gasteiger partial charge in [0.1, 0.15) is 71.4 Å². The van der Waals surface area contributed by atoms with Crippen LogP contribution in [0.4, 0.5) is 9.59 Å². The Labute approximate surface area is 354 Å². The standard InChI is InChI=1S/C46H40N2O14/c49-43(31-19-22-48(25-31)46(52)62-40-17-9-36(10-18-40)56-28-42-30-58-42)59-37-11-3-33(4-12-37)53-23-1-2-24-54-34-5-15-39(16-6-34)61-45(51)47-21-20-32(26-47)44(50)60-38-13-7-35(8-14-38)55-27-41-29-57-41/h3-22,25-26,41-42H,1-2,23-24,27-30H2. The molecule has 0 amide bonds. The van der Waals surface area contributed by atoms with E-state index in [0.717, 1.165) is 9.13 Å². The summed E-state index contributed by atoms with van der Waals surface area (Å²) in [5, 5.41) is 0. The van der Waals surface area contributed by atoms with E-state index in [9.17, 15) is 19.2 Å². The Morgan fingerprint density at radius 1 is 0.435 bits per heavy atom. The summed E-state index contributed by atoms with van der Waals surface area (Å²) in [4.78, 5) is 50.7. The molecule has 0 spiro atoms. The number of ether oxygens (including phenoxy) is 10. The number of nitrogens with zero attached hydrogens (tertiary/aromatic N) is 2. The Kier molecular flexibility index (Phi) is 13.1. The summed E-state index contributed by atoms with van der Waals surface area (Å²) in [5.74, 6) is 2.47. The summed E-state index contributed by atoms with van der Waals surface area (Å²) in [6.07, 6.45) is 5.81. The summed E-state index contributed by atoms with van der Waals surface area (Å²) < 4.78 is 57.1. The molecule has 2 aliphatic heterocycles. The average Bonchev–Trinajstić information content (AvgIpc) is 4.20. The largest absolute Gasteiger partial charge is 0.494 e. The third kappa shape index (κ3) is 12.0. The number of hydrogen-bond donors (Lipinski definition) is 0. The smallest absolute Gasteiger partial charge is 0.423 e. The molecule has 2 unspecified atom stereocenters. The second kappa shape index (κ2) is 19.7. The summed E-state index contributed by atoms with van der Waals surface area (Å²) in [6, 6.07) is 29.4. The van der Waals surface area contributed by atoms with Crippen LogP contribution in [0.15, 0.2) is 134 Å². The van der Waals surface area contributed by atoms with Crippen molar-refractivity contribution in [2.75, 3.05) is 39.6 Å². The molecule has 2 saturated heterocycles. The van der Waals surface area contributed by atoms with Crippen LogP contribution in [0.1, 0.15) is 33.6 Å². The van der Waals surface area contributed by atoms with Gasteiger partial charge in [0.2, 0.25) is 0 Å². The normalized spacial score (nSPS) is 14.8. The maximum absolute atomic E-state index is 12.7. The molecule has 16 nitrogen and oxygen atoms in total. The lowest BCUT2D eigenvalue weighted by Crippen LogP contribution is -2.15. The van der Waals surface area contributed by atoms with Gasteiger partial charge in [0.25, 0.3) is 0 Å². The number of hydrogen-bond acceptors (Lipinski definition) is 14. The zero-order valence-corrected chi connectivity index (χ0v) is 33.1. The van der Waals surface area contributed by atoms with E-state index in [1.165, 1.54) is 36.9 Å². The zero-order valence-electron chi connectivity index (χ0n) is 33.1. The van der Waals surface area contributed by atoms with Gasteiger partial charge in [-0.3, -0.25) is 9.13 Å². The van der Waals surface area contributed by atoms with Gasteiger partial charge in [-0.25, -0.2) is 19.2 Å². The van der Waals surface area contributed by atoms with Gasteiger partial charge >= 0.3 is 24.1 Å². The van der Waals surface area contributed by atoms with Gasteiger partial charge in [0.15, 0.2) is 0 Å². The minimum absolute atomic E-state index is 0.137. The highest BCUT2D eigenvalue weighted by Gasteiger charge is 2.24. The minimum Gasteiger partial charge on any atom is -0.494 e. The third-order valence-corrected chi connectivity index (χ3v) is 9.16. The Balaban J connectivity index is 0.690. The SMILES string of the molecule is O=C(Oc1ccc(OCC2CO2)cc1)c1ccn(C(=O)Oc2ccc(OCCCCOc3ccc(OC(=O)c4ccn(C(=O)Oc5ccc(OCC6CO6)cc5)c4)cc3)cc2)c1. The summed E-state index contributed by atoms with van der Waals surface area (Å²) >= 11 is 0. The highest BCUT2D eigenvalue weighted by molar-refractivity contribution is 5.92. The number of benzene rings is 4. The molecule has 0 N–H and O–H groups in total. The van der Waals surface area contributed by atoms with Gasteiger partial charge in [0, 0.05) is 24.8 Å². The van der Waals surface area contributed by atoms with E-state index in [0.29, 0.717) is 98.5 Å². The molecule has 0 bridgehead atoms. The topological polar surface area (TPSA) is 177 Å². The molecule has 2 fully saturated rings. The minimum atomic E-state index is -0.702. The summed E-state index contributed by atoms with van der Waals surface area (Å²) in [5.41, 5.74) is 0.348. The molecule has 0 saturated carbocycles. The fourth-order valence-corrected chi connectivity index (χ4v) is 5.61. The average molecular weight is 845 g/mol. The van der Waals surface area contributed by atoms with Gasteiger partial charge in [-0.15, -0.1) is 0 Å². The first kappa shape index (κ1) is 41.2. The number of carbonyl (C=O) groups excluding carboxylic acids is 4. The van der Waals surface area contributed by atoms with Crippen LogP contribution in [0.2, 0.25) is 0 Å². The molecule has 6 aromatic rings. The molecular weight excluding hydrogens is 805 g/mol. The number of aromatic nitrogens is 2. The Hall–Kier alpha value is -7.56. The van der Waals surface area contributed by atoms with Gasteiger partial charge in [-0.1, -0.05) is 0 Å². The van der Waals surface area contributed by atoms with Gasteiger partial charge in [0.05, 0.1) is 37.6 Å². The number of carbonyl (C=O) groups is 4. The van der Waals surface area contributed by atoms with Crippen LogP contribution < -0.4 is 37.9 Å². The molecule has 0 aliphatic carbocycles. The lowest BCUT2D eigenvalue weighted by atomic mass is 10.3. The molecule has 4 heterocycles. The summed E-state index contributed by atoms with van der Waals surface area (Å²) in [7, 11) is 0. The van der Waals surface area contributed by atoms with Gasteiger partial charge in [-0.05, 0) is 122 Å². The van der Waals surface area contributed by atoms with Crippen molar-refractivity contribution in [1.29, 1.82) is 0 Å². The lowest BCUT2D eigenvalue weighted by molar-refractivity contribution is 0.0725. The van der Waals surface area contributed by atoms with Crippen molar-refractivity contribution >= 4 is 24.1 Å². The van der Waals surface area contributed by atoms with E-state index in [2.05, 4.69) is 0 Å². The van der Waals surface area contributed by atoms with Crippen LogP contribution in [-0.2, 0) is 9.47 Å². The van der Waals surface area contributed by atoms with Crippen molar-refractivity contribution in [3.63, 3.8) is 0 Å². The number of rotatable bonds is 19. The second-order valence-corrected chi connectivity index (χ2v) is 14.0. The predicted octanol–water partition coefficient (Wildman–Crippen LogP) is 7.62. The molecule has 62 heavy (non-hydrogen) atoms. The van der Waals surface area contributed by atoms with Crippen LogP contribution in [0.3, 0.4) is 0 Å². The van der Waals surface area contributed by atoms with Crippen LogP contribution in [-0.4, -0.2) is 85.1 Å². The molecule has 4 aromatic carbocycles. The highest BCUT2D eigenvalue weighted by atomic mass is 16.6. The Morgan fingerprint density at radius 2 is 0.742 bits per heavy atom. The zero-order chi connectivity index (χ0) is 42.7. The van der Waals surface area contributed by atoms with E-state index >= 15 is 0 Å². The first-order chi connectivity index (χ1) is 30.3. The van der Waals surface area contributed by atoms with E-state index in [-0.39, 0.29) is 23.3 Å². The van der Waals surface area contributed by atoms with Crippen molar-refractivity contribution in [3.8, 4) is 46.0 Å². The molecular formula is C46H40N2O14. The predicted molar refractivity (Wildman–Crippen MR) is 218 cm³/mol. The Morgan fingerprint density at radius 3 is 1.08 bits per heavy atom. The Bertz CT molecular complexity index is 2280. The molecule has 0 radical (unpaired) electrons. The van der Waals surface area contributed by atoms with Crippen molar-refractivity contribution in [2.45, 2.75) is 25.0 Å². The van der Waals surface area contributed by atoms with E-state index in [4.69, 9.17) is 47.4 Å². The second-order valence-electron chi connectivity index (χ2n) is 14.0.